The van der Waals surface area contributed by atoms with Crippen LogP contribution < -0.4 is 28.3 Å². The summed E-state index contributed by atoms with van der Waals surface area (Å²) in [5.74, 6) is -0.807. The SMILES string of the molecule is NCC[C@@H](O)C(=O)N[C@@H]1C[C@H](N)[C@@H](O[C@H]2O[C@H](CN)[C@@H](O)[C@H](O)[C@H]2N)[C@H](O[C@@H]2O[C@H](CO)[C@@H](O)[C@H]2O)[C@H]1O. The van der Waals surface area contributed by atoms with Crippen molar-refractivity contribution < 1.29 is 59.5 Å². The predicted octanol–water partition coefficient (Wildman–Crippen LogP) is -7.79. The molecule has 3 rings (SSSR count). The molecule has 0 aromatic rings. The number of aliphatic hydroxyl groups excluding tert-OH is 7. The predicted molar refractivity (Wildman–Crippen MR) is 125 cm³/mol. The van der Waals surface area contributed by atoms with E-state index < -0.39 is 104 Å². The van der Waals surface area contributed by atoms with Crippen LogP contribution in [0, 0.1) is 0 Å². The summed E-state index contributed by atoms with van der Waals surface area (Å²) < 4.78 is 22.7. The van der Waals surface area contributed by atoms with Crippen LogP contribution in [-0.4, -0.2) is 153 Å². The third kappa shape index (κ3) is 6.60. The Morgan fingerprint density at radius 1 is 0.895 bits per heavy atom. The monoisotopic (exact) mass is 555 g/mol. The van der Waals surface area contributed by atoms with Gasteiger partial charge in [0.25, 0.3) is 0 Å². The quantitative estimate of drug-likeness (QED) is 0.119. The highest BCUT2D eigenvalue weighted by Gasteiger charge is 2.53. The zero-order valence-corrected chi connectivity index (χ0v) is 20.7. The first-order valence-corrected chi connectivity index (χ1v) is 12.5. The summed E-state index contributed by atoms with van der Waals surface area (Å²) in [6.45, 7) is -0.764. The van der Waals surface area contributed by atoms with Crippen LogP contribution in [-0.2, 0) is 23.7 Å². The van der Waals surface area contributed by atoms with Crippen molar-refractivity contribution in [2.75, 3.05) is 19.7 Å². The maximum atomic E-state index is 12.4. The second kappa shape index (κ2) is 13.5. The zero-order valence-electron chi connectivity index (χ0n) is 20.7. The number of rotatable bonds is 10. The van der Waals surface area contributed by atoms with E-state index in [-0.39, 0.29) is 25.9 Å². The average Bonchev–Trinajstić information content (AvgIpc) is 3.16. The summed E-state index contributed by atoms with van der Waals surface area (Å²) in [7, 11) is 0. The largest absolute Gasteiger partial charge is 0.394 e. The lowest BCUT2D eigenvalue weighted by atomic mass is 9.83. The van der Waals surface area contributed by atoms with Gasteiger partial charge >= 0.3 is 0 Å². The van der Waals surface area contributed by atoms with Crippen molar-refractivity contribution in [3.8, 4) is 0 Å². The zero-order chi connectivity index (χ0) is 28.3. The fraction of sp³-hybridized carbons (Fsp3) is 0.952. The van der Waals surface area contributed by atoms with Crippen LogP contribution in [0.4, 0.5) is 0 Å². The van der Waals surface area contributed by atoms with Crippen molar-refractivity contribution in [3.63, 3.8) is 0 Å². The standard InChI is InChI=1S/C21H41N5O12/c22-2-1-8(28)19(34)26-7-3-6(24)17(37-20-11(25)15(32)13(30)9(4-23)35-20)18(12(7)29)38-21-16(33)14(31)10(5-27)36-21/h6-18,20-21,27-33H,1-5,22-25H2,(H,26,34)/t6-,7+,8+,9+,10+,11+,12-,13+,14+,15+,16+,17+,18+,20+,21-/m0/s1. The second-order valence-electron chi connectivity index (χ2n) is 9.84. The Morgan fingerprint density at radius 3 is 2.08 bits per heavy atom. The molecule has 17 nitrogen and oxygen atoms in total. The van der Waals surface area contributed by atoms with Crippen LogP contribution in [0.1, 0.15) is 12.8 Å². The number of amides is 1. The molecule has 0 spiro atoms. The Labute approximate surface area is 218 Å². The van der Waals surface area contributed by atoms with Crippen molar-refractivity contribution in [2.24, 2.45) is 22.9 Å². The minimum absolute atomic E-state index is 0.0255. The van der Waals surface area contributed by atoms with Gasteiger partial charge in [0.1, 0.15) is 61.0 Å². The molecule has 2 heterocycles. The van der Waals surface area contributed by atoms with E-state index in [1.807, 2.05) is 0 Å². The summed E-state index contributed by atoms with van der Waals surface area (Å²) in [5.41, 5.74) is 23.3. The highest BCUT2D eigenvalue weighted by Crippen LogP contribution is 2.32. The maximum Gasteiger partial charge on any atom is 0.249 e. The molecule has 1 saturated carbocycles. The maximum absolute atomic E-state index is 12.4. The number of aliphatic hydroxyl groups is 7. The summed E-state index contributed by atoms with van der Waals surface area (Å²) >= 11 is 0. The molecular formula is C21H41N5O12. The minimum Gasteiger partial charge on any atom is -0.394 e. The van der Waals surface area contributed by atoms with Crippen LogP contribution in [0.3, 0.4) is 0 Å². The van der Waals surface area contributed by atoms with Gasteiger partial charge in [-0.1, -0.05) is 0 Å². The van der Waals surface area contributed by atoms with E-state index in [4.69, 9.17) is 41.9 Å². The van der Waals surface area contributed by atoms with Crippen LogP contribution in [0.15, 0.2) is 0 Å². The lowest BCUT2D eigenvalue weighted by molar-refractivity contribution is -0.307. The molecule has 2 aliphatic heterocycles. The molecule has 1 aliphatic carbocycles. The van der Waals surface area contributed by atoms with Gasteiger partial charge in [-0.25, -0.2) is 0 Å². The van der Waals surface area contributed by atoms with E-state index in [2.05, 4.69) is 5.32 Å². The second-order valence-corrected chi connectivity index (χ2v) is 9.84. The van der Waals surface area contributed by atoms with Gasteiger partial charge in [0.15, 0.2) is 12.6 Å². The van der Waals surface area contributed by atoms with E-state index >= 15 is 0 Å². The normalized spacial score (nSPS) is 46.6. The first-order chi connectivity index (χ1) is 17.9. The van der Waals surface area contributed by atoms with Crippen molar-refractivity contribution in [3.05, 3.63) is 0 Å². The van der Waals surface area contributed by atoms with Crippen LogP contribution in [0.2, 0.25) is 0 Å². The van der Waals surface area contributed by atoms with Crippen LogP contribution >= 0.6 is 0 Å². The van der Waals surface area contributed by atoms with E-state index in [1.165, 1.54) is 0 Å². The van der Waals surface area contributed by atoms with Crippen molar-refractivity contribution in [2.45, 2.75) is 105 Å². The Hall–Kier alpha value is -1.13. The first kappa shape index (κ1) is 31.4. The van der Waals surface area contributed by atoms with Gasteiger partial charge in [-0.05, 0) is 19.4 Å². The van der Waals surface area contributed by atoms with Crippen LogP contribution in [0.25, 0.3) is 0 Å². The molecule has 15 atom stereocenters. The van der Waals surface area contributed by atoms with Crippen LogP contribution in [0.5, 0.6) is 0 Å². The Kier molecular flexibility index (Phi) is 11.1. The Bertz CT molecular complexity index is 770. The van der Waals surface area contributed by atoms with Gasteiger partial charge in [-0.3, -0.25) is 4.79 Å². The molecule has 38 heavy (non-hydrogen) atoms. The fourth-order valence-electron chi connectivity index (χ4n) is 4.84. The number of hydrogen-bond acceptors (Lipinski definition) is 16. The molecule has 16 N–H and O–H groups in total. The topological polar surface area (TPSA) is 312 Å². The molecule has 2 saturated heterocycles. The number of nitrogens with one attached hydrogen (secondary N) is 1. The number of ether oxygens (including phenoxy) is 4. The molecule has 0 radical (unpaired) electrons. The first-order valence-electron chi connectivity index (χ1n) is 12.5. The summed E-state index contributed by atoms with van der Waals surface area (Å²) in [4.78, 5) is 12.4. The molecule has 0 bridgehead atoms. The molecule has 222 valence electrons. The van der Waals surface area contributed by atoms with Crippen molar-refractivity contribution >= 4 is 5.91 Å². The molecule has 0 unspecified atom stereocenters. The summed E-state index contributed by atoms with van der Waals surface area (Å²) in [6, 6.07) is -3.29. The lowest BCUT2D eigenvalue weighted by Crippen LogP contribution is -2.69. The molecule has 3 fully saturated rings. The van der Waals surface area contributed by atoms with Gasteiger partial charge in [0.2, 0.25) is 5.91 Å². The highest BCUT2D eigenvalue weighted by molar-refractivity contribution is 5.80. The smallest absolute Gasteiger partial charge is 0.249 e. The van der Waals surface area contributed by atoms with E-state index in [0.29, 0.717) is 0 Å². The molecule has 0 aromatic carbocycles. The van der Waals surface area contributed by atoms with Gasteiger partial charge < -0.3 is 82.9 Å². The van der Waals surface area contributed by atoms with Gasteiger partial charge in [0.05, 0.1) is 18.7 Å². The third-order valence-electron chi connectivity index (χ3n) is 7.15. The van der Waals surface area contributed by atoms with E-state index in [0.717, 1.165) is 0 Å². The number of carbonyl (C=O) groups excluding carboxylic acids is 1. The van der Waals surface area contributed by atoms with Gasteiger partial charge in [-0.2, -0.15) is 0 Å². The molecule has 1 amide bonds. The lowest BCUT2D eigenvalue weighted by Gasteiger charge is -2.48. The van der Waals surface area contributed by atoms with Gasteiger partial charge in [-0.15, -0.1) is 0 Å². The molecular weight excluding hydrogens is 514 g/mol. The highest BCUT2D eigenvalue weighted by atomic mass is 16.7. The average molecular weight is 556 g/mol. The number of nitrogens with two attached hydrogens (primary N) is 4. The van der Waals surface area contributed by atoms with Gasteiger partial charge in [0, 0.05) is 12.6 Å². The third-order valence-corrected chi connectivity index (χ3v) is 7.15. The Morgan fingerprint density at radius 2 is 1.50 bits per heavy atom. The van der Waals surface area contributed by atoms with Crippen molar-refractivity contribution in [1.82, 2.24) is 5.32 Å². The molecule has 17 heteroatoms. The molecule has 0 aromatic heterocycles. The number of hydrogen-bond donors (Lipinski definition) is 12. The fourth-order valence-corrected chi connectivity index (χ4v) is 4.84. The Balaban J connectivity index is 1.84. The van der Waals surface area contributed by atoms with Crippen molar-refractivity contribution in [1.29, 1.82) is 0 Å². The van der Waals surface area contributed by atoms with E-state index in [1.54, 1.807) is 0 Å². The van der Waals surface area contributed by atoms with E-state index in [9.17, 15) is 40.5 Å². The summed E-state index contributed by atoms with van der Waals surface area (Å²) in [6.07, 6.45) is -16.9. The number of carbonyl (C=O) groups is 1. The molecule has 3 aliphatic rings. The summed E-state index contributed by atoms with van der Waals surface area (Å²) in [5, 5.41) is 74.0. The minimum atomic E-state index is -1.62.